The fraction of sp³-hybridized carbons (Fsp3) is 0.412. The first-order valence-electron chi connectivity index (χ1n) is 7.06. The van der Waals surface area contributed by atoms with Crippen LogP contribution in [0.3, 0.4) is 0 Å². The van der Waals surface area contributed by atoms with Gasteiger partial charge in [-0.05, 0) is 5.41 Å². The Hall–Kier alpha value is -2.10. The minimum Gasteiger partial charge on any atom is -0.488 e. The summed E-state index contributed by atoms with van der Waals surface area (Å²) in [5, 5.41) is 2.52. The molecule has 1 atom stereocenters. The van der Waals surface area contributed by atoms with Crippen molar-refractivity contribution in [2.75, 3.05) is 7.05 Å². The number of benzene rings is 1. The molecule has 4 nitrogen and oxygen atoms in total. The van der Waals surface area contributed by atoms with E-state index >= 15 is 0 Å². The highest BCUT2D eigenvalue weighted by Gasteiger charge is 2.38. The van der Waals surface area contributed by atoms with Crippen LogP contribution in [-0.4, -0.2) is 24.8 Å². The highest BCUT2D eigenvalue weighted by atomic mass is 16.5. The molecule has 1 N–H and O–H groups in total. The molecule has 0 saturated heterocycles. The van der Waals surface area contributed by atoms with E-state index in [2.05, 4.69) is 5.32 Å². The Labute approximate surface area is 125 Å². The van der Waals surface area contributed by atoms with Crippen LogP contribution in [0.4, 0.5) is 0 Å². The normalized spacial score (nSPS) is 19.2. The first-order chi connectivity index (χ1) is 9.84. The first kappa shape index (κ1) is 15.3. The lowest BCUT2D eigenvalue weighted by Crippen LogP contribution is -2.39. The van der Waals surface area contributed by atoms with E-state index < -0.39 is 5.91 Å². The Morgan fingerprint density at radius 3 is 2.38 bits per heavy atom. The van der Waals surface area contributed by atoms with Gasteiger partial charge in [0, 0.05) is 19.0 Å². The highest BCUT2D eigenvalue weighted by Crippen LogP contribution is 2.36. The van der Waals surface area contributed by atoms with E-state index in [9.17, 15) is 9.59 Å². The van der Waals surface area contributed by atoms with Crippen LogP contribution >= 0.6 is 0 Å². The lowest BCUT2D eigenvalue weighted by molar-refractivity contribution is -0.125. The zero-order valence-corrected chi connectivity index (χ0v) is 12.9. The number of ether oxygens (including phenoxy) is 1. The number of nitrogens with one attached hydrogen (secondary N) is 1. The third-order valence-corrected chi connectivity index (χ3v) is 3.59. The van der Waals surface area contributed by atoms with Gasteiger partial charge in [-0.15, -0.1) is 0 Å². The van der Waals surface area contributed by atoms with Crippen molar-refractivity contribution in [3.8, 4) is 0 Å². The summed E-state index contributed by atoms with van der Waals surface area (Å²) < 4.78 is 6.04. The Balaban J connectivity index is 2.54. The maximum absolute atomic E-state index is 12.4. The molecule has 0 radical (unpaired) electrons. The molecule has 1 aromatic carbocycles. The van der Waals surface area contributed by atoms with Gasteiger partial charge in [0.25, 0.3) is 5.91 Å². The highest BCUT2D eigenvalue weighted by molar-refractivity contribution is 6.24. The molecular weight excluding hydrogens is 266 g/mol. The topological polar surface area (TPSA) is 55.4 Å². The Morgan fingerprint density at radius 1 is 1.24 bits per heavy atom. The fourth-order valence-electron chi connectivity index (χ4n) is 2.28. The van der Waals surface area contributed by atoms with Crippen LogP contribution in [0, 0.1) is 5.41 Å². The van der Waals surface area contributed by atoms with Crippen LogP contribution in [0.5, 0.6) is 0 Å². The Bertz CT molecular complexity index is 582. The van der Waals surface area contributed by atoms with E-state index in [0.717, 1.165) is 5.56 Å². The van der Waals surface area contributed by atoms with Crippen LogP contribution in [0.15, 0.2) is 35.9 Å². The SMILES string of the molecule is CNC(=O)C1=C(c2ccccc2)OC(C(C)(C)C)CC1=O. The van der Waals surface area contributed by atoms with E-state index in [1.807, 2.05) is 51.1 Å². The molecule has 21 heavy (non-hydrogen) atoms. The molecule has 0 aliphatic carbocycles. The molecule has 0 bridgehead atoms. The zero-order chi connectivity index (χ0) is 15.6. The second-order valence-electron chi connectivity index (χ2n) is 6.25. The van der Waals surface area contributed by atoms with Crippen molar-refractivity contribution < 1.29 is 14.3 Å². The molecule has 0 aromatic heterocycles. The average molecular weight is 287 g/mol. The van der Waals surface area contributed by atoms with Crippen LogP contribution in [0.25, 0.3) is 5.76 Å². The van der Waals surface area contributed by atoms with Gasteiger partial charge in [0.2, 0.25) is 0 Å². The van der Waals surface area contributed by atoms with Gasteiger partial charge in [0.1, 0.15) is 17.4 Å². The zero-order valence-electron chi connectivity index (χ0n) is 12.9. The predicted octanol–water partition coefficient (Wildman–Crippen LogP) is 2.55. The summed E-state index contributed by atoms with van der Waals surface area (Å²) in [5.74, 6) is -0.184. The fourth-order valence-corrected chi connectivity index (χ4v) is 2.28. The summed E-state index contributed by atoms with van der Waals surface area (Å²) in [6.45, 7) is 6.08. The molecule has 0 spiro atoms. The molecule has 4 heteroatoms. The summed E-state index contributed by atoms with van der Waals surface area (Å²) in [4.78, 5) is 24.5. The van der Waals surface area contributed by atoms with Gasteiger partial charge >= 0.3 is 0 Å². The molecule has 0 saturated carbocycles. The third kappa shape index (κ3) is 3.15. The summed E-state index contributed by atoms with van der Waals surface area (Å²) >= 11 is 0. The van der Waals surface area contributed by atoms with Gasteiger partial charge in [-0.3, -0.25) is 9.59 Å². The van der Waals surface area contributed by atoms with Gasteiger partial charge in [-0.1, -0.05) is 51.1 Å². The molecule has 1 aliphatic heterocycles. The Morgan fingerprint density at radius 2 is 1.86 bits per heavy atom. The molecule has 1 aromatic rings. The van der Waals surface area contributed by atoms with E-state index in [-0.39, 0.29) is 29.3 Å². The van der Waals surface area contributed by atoms with Gasteiger partial charge in [0.15, 0.2) is 5.78 Å². The number of Topliss-reactive ketones (excluding diaryl/α,β-unsaturated/α-hetero) is 1. The summed E-state index contributed by atoms with van der Waals surface area (Å²) in [5.41, 5.74) is 0.687. The van der Waals surface area contributed by atoms with E-state index in [1.165, 1.54) is 7.05 Å². The predicted molar refractivity (Wildman–Crippen MR) is 81.4 cm³/mol. The molecular formula is C17H21NO3. The van der Waals surface area contributed by atoms with Crippen molar-refractivity contribution in [3.63, 3.8) is 0 Å². The van der Waals surface area contributed by atoms with Crippen molar-refractivity contribution in [2.24, 2.45) is 5.41 Å². The van der Waals surface area contributed by atoms with Crippen LogP contribution in [0.2, 0.25) is 0 Å². The summed E-state index contributed by atoms with van der Waals surface area (Å²) in [6, 6.07) is 9.29. The monoisotopic (exact) mass is 287 g/mol. The summed E-state index contributed by atoms with van der Waals surface area (Å²) in [6.07, 6.45) is -0.0172. The minimum atomic E-state index is -0.397. The number of ketones is 1. The van der Waals surface area contributed by atoms with Crippen molar-refractivity contribution in [1.82, 2.24) is 5.32 Å². The van der Waals surface area contributed by atoms with Crippen LogP contribution in [-0.2, 0) is 14.3 Å². The van der Waals surface area contributed by atoms with Crippen LogP contribution in [0.1, 0.15) is 32.8 Å². The standard InChI is InChI=1S/C17H21NO3/c1-17(2,3)13-10-12(19)14(16(20)18-4)15(21-13)11-8-6-5-7-9-11/h5-9,13H,10H2,1-4H3,(H,18,20). The van der Waals surface area contributed by atoms with Crippen molar-refractivity contribution in [3.05, 3.63) is 41.5 Å². The maximum atomic E-state index is 12.4. The number of hydrogen-bond acceptors (Lipinski definition) is 3. The van der Waals surface area contributed by atoms with Crippen LogP contribution < -0.4 is 5.32 Å². The van der Waals surface area contributed by atoms with E-state index in [0.29, 0.717) is 5.76 Å². The molecule has 2 rings (SSSR count). The quantitative estimate of drug-likeness (QED) is 0.850. The van der Waals surface area contributed by atoms with Crippen molar-refractivity contribution in [2.45, 2.75) is 33.3 Å². The van der Waals surface area contributed by atoms with E-state index in [1.54, 1.807) is 0 Å². The smallest absolute Gasteiger partial charge is 0.258 e. The number of hydrogen-bond donors (Lipinski definition) is 1. The minimum absolute atomic E-state index is 0.115. The second kappa shape index (κ2) is 5.72. The third-order valence-electron chi connectivity index (χ3n) is 3.59. The summed E-state index contributed by atoms with van der Waals surface area (Å²) in [7, 11) is 1.51. The molecule has 112 valence electrons. The average Bonchev–Trinajstić information content (AvgIpc) is 2.45. The van der Waals surface area contributed by atoms with E-state index in [4.69, 9.17) is 4.74 Å². The Kier molecular flexibility index (Phi) is 4.16. The second-order valence-corrected chi connectivity index (χ2v) is 6.25. The number of carbonyl (C=O) groups excluding carboxylic acids is 2. The lowest BCUT2D eigenvalue weighted by atomic mass is 9.82. The lowest BCUT2D eigenvalue weighted by Gasteiger charge is -2.35. The molecule has 0 fully saturated rings. The molecule has 1 heterocycles. The van der Waals surface area contributed by atoms with Crippen molar-refractivity contribution >= 4 is 17.4 Å². The molecule has 1 amide bonds. The first-order valence-corrected chi connectivity index (χ1v) is 7.06. The molecule has 1 unspecified atom stereocenters. The molecule has 1 aliphatic rings. The largest absolute Gasteiger partial charge is 0.488 e. The van der Waals surface area contributed by atoms with Crippen molar-refractivity contribution in [1.29, 1.82) is 0 Å². The van der Waals surface area contributed by atoms with Gasteiger partial charge in [0.05, 0.1) is 0 Å². The van der Waals surface area contributed by atoms with Gasteiger partial charge in [-0.2, -0.15) is 0 Å². The number of rotatable bonds is 2. The maximum Gasteiger partial charge on any atom is 0.258 e. The number of likely N-dealkylation sites (N-methyl/N-ethyl adjacent to an activating group) is 1. The number of amides is 1. The number of carbonyl (C=O) groups is 2. The van der Waals surface area contributed by atoms with Gasteiger partial charge in [-0.25, -0.2) is 0 Å². The van der Waals surface area contributed by atoms with Gasteiger partial charge < -0.3 is 10.1 Å².